The first-order chi connectivity index (χ1) is 13.5. The van der Waals surface area contributed by atoms with Gasteiger partial charge in [-0.3, -0.25) is 19.3 Å². The van der Waals surface area contributed by atoms with Gasteiger partial charge < -0.3 is 14.8 Å². The summed E-state index contributed by atoms with van der Waals surface area (Å²) in [5.41, 5.74) is 1.97. The second-order valence-electron chi connectivity index (χ2n) is 6.28. The number of benzene rings is 2. The van der Waals surface area contributed by atoms with E-state index >= 15 is 0 Å². The number of ether oxygens (including phenoxy) is 2. The van der Waals surface area contributed by atoms with Crippen LogP contribution in [-0.4, -0.2) is 44.5 Å². The van der Waals surface area contributed by atoms with Crippen molar-refractivity contribution in [2.24, 2.45) is 0 Å². The number of nitrogens with one attached hydrogen (secondary N) is 1. The number of anilines is 2. The molecule has 1 unspecified atom stereocenters. The highest BCUT2D eigenvalue weighted by Crippen LogP contribution is 2.35. The van der Waals surface area contributed by atoms with E-state index in [2.05, 4.69) is 5.32 Å². The molecule has 0 saturated heterocycles. The molecule has 0 aromatic heterocycles. The van der Waals surface area contributed by atoms with E-state index in [0.29, 0.717) is 18.0 Å². The molecule has 1 atom stereocenters. The minimum absolute atomic E-state index is 0.200. The molecule has 0 spiro atoms. The van der Waals surface area contributed by atoms with E-state index in [9.17, 15) is 14.4 Å². The Morgan fingerprint density at radius 1 is 1.14 bits per heavy atom. The Morgan fingerprint density at radius 2 is 1.89 bits per heavy atom. The van der Waals surface area contributed by atoms with Crippen LogP contribution in [0.1, 0.15) is 18.4 Å². The van der Waals surface area contributed by atoms with Crippen molar-refractivity contribution in [3.05, 3.63) is 54.1 Å². The third kappa shape index (κ3) is 3.98. The molecule has 146 valence electrons. The highest BCUT2D eigenvalue weighted by Gasteiger charge is 2.36. The molecule has 0 saturated carbocycles. The van der Waals surface area contributed by atoms with Crippen LogP contribution in [0, 0.1) is 0 Å². The van der Waals surface area contributed by atoms with Crippen LogP contribution in [0.4, 0.5) is 11.4 Å². The first kappa shape index (κ1) is 19.4. The van der Waals surface area contributed by atoms with Crippen LogP contribution in [0.25, 0.3) is 0 Å². The molecule has 2 aromatic rings. The number of fused-ring (bicyclic) bond motifs is 1. The fourth-order valence-electron chi connectivity index (χ4n) is 3.18. The molecule has 3 rings (SSSR count). The summed E-state index contributed by atoms with van der Waals surface area (Å²) in [6, 6.07) is 14.0. The van der Waals surface area contributed by atoms with Crippen molar-refractivity contribution in [3.63, 3.8) is 0 Å². The smallest absolute Gasteiger partial charge is 0.326 e. The molecule has 1 N–H and O–H groups in total. The van der Waals surface area contributed by atoms with Gasteiger partial charge in [-0.15, -0.1) is 0 Å². The van der Waals surface area contributed by atoms with Crippen LogP contribution in [0.3, 0.4) is 0 Å². The third-order valence-corrected chi connectivity index (χ3v) is 4.57. The molecule has 0 radical (unpaired) electrons. The van der Waals surface area contributed by atoms with Gasteiger partial charge in [0.25, 0.3) is 5.91 Å². The number of carbonyl (C=O) groups excluding carboxylic acids is 3. The fourth-order valence-corrected chi connectivity index (χ4v) is 3.18. The predicted molar refractivity (Wildman–Crippen MR) is 105 cm³/mol. The average molecular weight is 382 g/mol. The van der Waals surface area contributed by atoms with Gasteiger partial charge in [0.15, 0.2) is 0 Å². The number of Topliss-reactive ketones (excluding diaryl/α,β-unsaturated/α-hetero) is 1. The number of hydrogen-bond donors (Lipinski definition) is 1. The highest BCUT2D eigenvalue weighted by atomic mass is 16.5. The summed E-state index contributed by atoms with van der Waals surface area (Å²) in [4.78, 5) is 39.2. The molecule has 1 amide bonds. The summed E-state index contributed by atoms with van der Waals surface area (Å²) in [6.45, 7) is 1.88. The summed E-state index contributed by atoms with van der Waals surface area (Å²) >= 11 is 0. The van der Waals surface area contributed by atoms with Crippen molar-refractivity contribution in [2.75, 3.05) is 37.0 Å². The van der Waals surface area contributed by atoms with Gasteiger partial charge in [0, 0.05) is 24.0 Å². The van der Waals surface area contributed by atoms with Gasteiger partial charge in [0.2, 0.25) is 5.78 Å². The number of ketones is 1. The van der Waals surface area contributed by atoms with Gasteiger partial charge in [-0.1, -0.05) is 24.3 Å². The third-order valence-electron chi connectivity index (χ3n) is 4.57. The second kappa shape index (κ2) is 8.56. The Bertz CT molecular complexity index is 882. The van der Waals surface area contributed by atoms with Crippen molar-refractivity contribution in [3.8, 4) is 5.75 Å². The van der Waals surface area contributed by atoms with Crippen LogP contribution in [0.15, 0.2) is 48.5 Å². The lowest BCUT2D eigenvalue weighted by Gasteiger charge is -2.22. The first-order valence-corrected chi connectivity index (χ1v) is 9.03. The summed E-state index contributed by atoms with van der Waals surface area (Å²) in [7, 11) is 1.57. The summed E-state index contributed by atoms with van der Waals surface area (Å²) < 4.78 is 10.2. The van der Waals surface area contributed by atoms with Crippen molar-refractivity contribution < 1.29 is 23.9 Å². The van der Waals surface area contributed by atoms with Crippen LogP contribution in [0.2, 0.25) is 0 Å². The van der Waals surface area contributed by atoms with Crippen molar-refractivity contribution >= 4 is 29.0 Å². The lowest BCUT2D eigenvalue weighted by molar-refractivity contribution is -0.143. The minimum atomic E-state index is -0.741. The molecule has 0 aliphatic carbocycles. The summed E-state index contributed by atoms with van der Waals surface area (Å²) in [6.07, 6.45) is 0. The maximum Gasteiger partial charge on any atom is 0.326 e. The van der Waals surface area contributed by atoms with Gasteiger partial charge in [0.05, 0.1) is 19.6 Å². The number of nitrogens with zero attached hydrogens (tertiary/aromatic N) is 1. The second-order valence-corrected chi connectivity index (χ2v) is 6.28. The molecule has 0 bridgehead atoms. The molecule has 7 heteroatoms. The molecule has 28 heavy (non-hydrogen) atoms. The maximum absolute atomic E-state index is 13.0. The number of carbonyl (C=O) groups is 3. The molecular formula is C21H22N2O5. The van der Waals surface area contributed by atoms with E-state index < -0.39 is 23.6 Å². The van der Waals surface area contributed by atoms with Gasteiger partial charge in [-0.2, -0.15) is 0 Å². The van der Waals surface area contributed by atoms with E-state index in [1.54, 1.807) is 62.6 Å². The van der Waals surface area contributed by atoms with Crippen molar-refractivity contribution in [1.29, 1.82) is 0 Å². The Balaban J connectivity index is 1.85. The zero-order valence-electron chi connectivity index (χ0n) is 15.8. The molecular weight excluding hydrogens is 360 g/mol. The van der Waals surface area contributed by atoms with Gasteiger partial charge in [0.1, 0.15) is 12.3 Å². The number of rotatable bonds is 7. The molecule has 1 aliphatic heterocycles. The molecule has 0 fully saturated rings. The predicted octanol–water partition coefficient (Wildman–Crippen LogP) is 2.37. The number of amides is 1. The molecule has 2 aromatic carbocycles. The lowest BCUT2D eigenvalue weighted by Crippen LogP contribution is -2.43. The molecule has 7 nitrogen and oxygen atoms in total. The zero-order chi connectivity index (χ0) is 20.1. The highest BCUT2D eigenvalue weighted by molar-refractivity contribution is 6.43. The maximum atomic E-state index is 13.0. The monoisotopic (exact) mass is 382 g/mol. The Kier molecular flexibility index (Phi) is 5.93. The molecule has 1 aliphatic rings. The summed E-state index contributed by atoms with van der Waals surface area (Å²) in [5, 5.41) is 3.14. The van der Waals surface area contributed by atoms with Gasteiger partial charge >= 0.3 is 5.97 Å². The first-order valence-electron chi connectivity index (χ1n) is 9.03. The van der Waals surface area contributed by atoms with E-state index in [1.807, 2.05) is 0 Å². The number of hydrogen-bond acceptors (Lipinski definition) is 6. The van der Waals surface area contributed by atoms with Crippen LogP contribution >= 0.6 is 0 Å². The topological polar surface area (TPSA) is 84.9 Å². The van der Waals surface area contributed by atoms with Gasteiger partial charge in [-0.25, -0.2) is 0 Å². The van der Waals surface area contributed by atoms with Crippen molar-refractivity contribution in [2.45, 2.75) is 12.8 Å². The Labute approximate surface area is 163 Å². The lowest BCUT2D eigenvalue weighted by atomic mass is 9.95. The van der Waals surface area contributed by atoms with Crippen molar-refractivity contribution in [1.82, 2.24) is 0 Å². The van der Waals surface area contributed by atoms with Crippen LogP contribution < -0.4 is 15.0 Å². The fraction of sp³-hybridized carbons (Fsp3) is 0.286. The quantitative estimate of drug-likeness (QED) is 0.585. The van der Waals surface area contributed by atoms with Gasteiger partial charge in [-0.05, 0) is 30.7 Å². The largest absolute Gasteiger partial charge is 0.497 e. The van der Waals surface area contributed by atoms with E-state index in [4.69, 9.17) is 9.47 Å². The number of esters is 1. The summed E-state index contributed by atoms with van der Waals surface area (Å²) in [5.74, 6) is -1.85. The van der Waals surface area contributed by atoms with Crippen LogP contribution in [-0.2, 0) is 19.1 Å². The number of methoxy groups -OCH3 is 1. The number of para-hydroxylation sites is 1. The Morgan fingerprint density at radius 3 is 2.57 bits per heavy atom. The van der Waals surface area contributed by atoms with E-state index in [1.165, 1.54) is 4.90 Å². The van der Waals surface area contributed by atoms with E-state index in [0.717, 1.165) is 11.3 Å². The minimum Gasteiger partial charge on any atom is -0.497 e. The SMILES string of the molecule is CCOC(=O)CN(C(=O)C(=O)C1CNc2cc(OC)ccc21)c1ccccc1. The standard InChI is InChI=1S/C21H22N2O5/c1-3-28-19(24)13-23(14-7-5-4-6-8-14)21(26)20(25)17-12-22-18-11-15(27-2)9-10-16(17)18/h4-11,17,22H,3,12-13H2,1-2H3. The van der Waals surface area contributed by atoms with Crippen LogP contribution in [0.5, 0.6) is 5.75 Å². The van der Waals surface area contributed by atoms with E-state index in [-0.39, 0.29) is 13.2 Å². The normalized spacial score (nSPS) is 14.6. The molecule has 1 heterocycles. The Hall–Kier alpha value is -3.35. The average Bonchev–Trinajstić information content (AvgIpc) is 3.15. The zero-order valence-corrected chi connectivity index (χ0v) is 15.8.